The number of hydrogen-bond donors (Lipinski definition) is 1. The van der Waals surface area contributed by atoms with E-state index in [1.807, 2.05) is 12.1 Å². The van der Waals surface area contributed by atoms with Crippen LogP contribution < -0.4 is 4.74 Å². The van der Waals surface area contributed by atoms with Crippen molar-refractivity contribution in [2.75, 3.05) is 33.4 Å². The lowest BCUT2D eigenvalue weighted by atomic mass is 10.2. The Morgan fingerprint density at radius 2 is 2.47 bits per heavy atom. The van der Waals surface area contributed by atoms with Crippen LogP contribution in [0.5, 0.6) is 5.88 Å². The lowest BCUT2D eigenvalue weighted by Crippen LogP contribution is -2.32. The minimum Gasteiger partial charge on any atom is -0.481 e. The Labute approximate surface area is 101 Å². The van der Waals surface area contributed by atoms with Gasteiger partial charge in [0.2, 0.25) is 5.88 Å². The highest BCUT2D eigenvalue weighted by Crippen LogP contribution is 2.10. The van der Waals surface area contributed by atoms with Gasteiger partial charge in [0.15, 0.2) is 0 Å². The SMILES string of the molecule is COc1ccc(CN2CCOCC(O)C2)cn1. The van der Waals surface area contributed by atoms with E-state index in [0.29, 0.717) is 25.6 Å². The fourth-order valence-corrected chi connectivity index (χ4v) is 1.88. The van der Waals surface area contributed by atoms with E-state index in [2.05, 4.69) is 9.88 Å². The van der Waals surface area contributed by atoms with Gasteiger partial charge in [-0.25, -0.2) is 4.98 Å². The molecule has 1 aromatic heterocycles. The van der Waals surface area contributed by atoms with E-state index in [-0.39, 0.29) is 0 Å². The van der Waals surface area contributed by atoms with Crippen molar-refractivity contribution in [1.29, 1.82) is 0 Å². The fourth-order valence-electron chi connectivity index (χ4n) is 1.88. The van der Waals surface area contributed by atoms with Crippen LogP contribution in [0.3, 0.4) is 0 Å². The molecule has 1 aliphatic heterocycles. The molecule has 1 N–H and O–H groups in total. The molecule has 0 saturated carbocycles. The molecule has 2 rings (SSSR count). The van der Waals surface area contributed by atoms with E-state index in [9.17, 15) is 5.11 Å². The quantitative estimate of drug-likeness (QED) is 0.820. The molecule has 1 saturated heterocycles. The van der Waals surface area contributed by atoms with Crippen molar-refractivity contribution in [2.45, 2.75) is 12.6 Å². The molecule has 17 heavy (non-hydrogen) atoms. The first kappa shape index (κ1) is 12.3. The molecule has 0 radical (unpaired) electrons. The molecule has 94 valence electrons. The van der Waals surface area contributed by atoms with Crippen LogP contribution in [-0.2, 0) is 11.3 Å². The Balaban J connectivity index is 1.94. The van der Waals surface area contributed by atoms with Crippen LogP contribution in [0.2, 0.25) is 0 Å². The van der Waals surface area contributed by atoms with Gasteiger partial charge >= 0.3 is 0 Å². The van der Waals surface area contributed by atoms with Gasteiger partial charge in [0.05, 0.1) is 26.4 Å². The number of ether oxygens (including phenoxy) is 2. The van der Waals surface area contributed by atoms with Gasteiger partial charge in [-0.05, 0) is 5.56 Å². The van der Waals surface area contributed by atoms with Crippen molar-refractivity contribution < 1.29 is 14.6 Å². The monoisotopic (exact) mass is 238 g/mol. The second kappa shape index (κ2) is 5.95. The van der Waals surface area contributed by atoms with Crippen LogP contribution in [0, 0.1) is 0 Å². The summed E-state index contributed by atoms with van der Waals surface area (Å²) in [7, 11) is 1.60. The van der Waals surface area contributed by atoms with Crippen LogP contribution in [0.1, 0.15) is 5.56 Å². The zero-order valence-corrected chi connectivity index (χ0v) is 10.0. The second-order valence-electron chi connectivity index (χ2n) is 4.17. The number of β-amino-alcohol motifs (C(OH)–C–C–N with tert-alkyl or cyclic N) is 1. The van der Waals surface area contributed by atoms with E-state index in [0.717, 1.165) is 18.7 Å². The van der Waals surface area contributed by atoms with E-state index in [1.54, 1.807) is 13.3 Å². The molecule has 1 unspecified atom stereocenters. The van der Waals surface area contributed by atoms with Crippen molar-refractivity contribution in [2.24, 2.45) is 0 Å². The molecule has 1 fully saturated rings. The Kier molecular flexibility index (Phi) is 4.30. The number of nitrogens with zero attached hydrogens (tertiary/aromatic N) is 2. The summed E-state index contributed by atoms with van der Waals surface area (Å²) in [4.78, 5) is 6.33. The Bertz CT molecular complexity index is 342. The first-order chi connectivity index (χ1) is 8.28. The maximum Gasteiger partial charge on any atom is 0.212 e. The average molecular weight is 238 g/mol. The molecule has 0 spiro atoms. The van der Waals surface area contributed by atoms with Crippen molar-refractivity contribution in [1.82, 2.24) is 9.88 Å². The van der Waals surface area contributed by atoms with Crippen molar-refractivity contribution in [3.63, 3.8) is 0 Å². The summed E-state index contributed by atoms with van der Waals surface area (Å²) in [6, 6.07) is 3.84. The molecule has 0 bridgehead atoms. The smallest absolute Gasteiger partial charge is 0.212 e. The molecule has 0 aliphatic carbocycles. The summed E-state index contributed by atoms with van der Waals surface area (Å²) in [6.45, 7) is 3.35. The largest absolute Gasteiger partial charge is 0.481 e. The molecule has 1 aromatic rings. The number of methoxy groups -OCH3 is 1. The predicted octanol–water partition coefficient (Wildman–Crippen LogP) is 0.283. The summed E-state index contributed by atoms with van der Waals surface area (Å²) in [5.41, 5.74) is 1.11. The van der Waals surface area contributed by atoms with Crippen molar-refractivity contribution in [3.8, 4) is 5.88 Å². The normalized spacial score (nSPS) is 22.1. The topological polar surface area (TPSA) is 54.8 Å². The van der Waals surface area contributed by atoms with Gasteiger partial charge in [0.25, 0.3) is 0 Å². The third-order valence-corrected chi connectivity index (χ3v) is 2.74. The number of aliphatic hydroxyl groups excluding tert-OH is 1. The third-order valence-electron chi connectivity index (χ3n) is 2.74. The summed E-state index contributed by atoms with van der Waals surface area (Å²) >= 11 is 0. The van der Waals surface area contributed by atoms with Crippen LogP contribution in [-0.4, -0.2) is 54.5 Å². The molecule has 5 heteroatoms. The molecular weight excluding hydrogens is 220 g/mol. The molecule has 5 nitrogen and oxygen atoms in total. The zero-order chi connectivity index (χ0) is 12.1. The van der Waals surface area contributed by atoms with Gasteiger partial charge in [-0.15, -0.1) is 0 Å². The minimum absolute atomic E-state index is 0.399. The molecule has 0 aromatic carbocycles. The Morgan fingerprint density at radius 1 is 1.59 bits per heavy atom. The average Bonchev–Trinajstić information content (AvgIpc) is 2.55. The Hall–Kier alpha value is -1.17. The minimum atomic E-state index is -0.399. The van der Waals surface area contributed by atoms with Crippen LogP contribution in [0.15, 0.2) is 18.3 Å². The van der Waals surface area contributed by atoms with E-state index in [1.165, 1.54) is 0 Å². The van der Waals surface area contributed by atoms with Gasteiger partial charge < -0.3 is 14.6 Å². The lowest BCUT2D eigenvalue weighted by molar-refractivity contribution is 0.0562. The van der Waals surface area contributed by atoms with Crippen LogP contribution >= 0.6 is 0 Å². The number of aliphatic hydroxyl groups is 1. The first-order valence-corrected chi connectivity index (χ1v) is 5.75. The van der Waals surface area contributed by atoms with Gasteiger partial charge in [-0.2, -0.15) is 0 Å². The summed E-state index contributed by atoms with van der Waals surface area (Å²) in [6.07, 6.45) is 1.40. The van der Waals surface area contributed by atoms with Gasteiger partial charge in [-0.1, -0.05) is 6.07 Å². The van der Waals surface area contributed by atoms with Crippen LogP contribution in [0.25, 0.3) is 0 Å². The number of pyridine rings is 1. The highest BCUT2D eigenvalue weighted by atomic mass is 16.5. The zero-order valence-electron chi connectivity index (χ0n) is 10.0. The predicted molar refractivity (Wildman–Crippen MR) is 62.9 cm³/mol. The molecule has 2 heterocycles. The van der Waals surface area contributed by atoms with Gasteiger partial charge in [-0.3, -0.25) is 4.90 Å². The molecular formula is C12H18N2O3. The first-order valence-electron chi connectivity index (χ1n) is 5.75. The highest BCUT2D eigenvalue weighted by Gasteiger charge is 2.16. The fraction of sp³-hybridized carbons (Fsp3) is 0.583. The van der Waals surface area contributed by atoms with Crippen molar-refractivity contribution in [3.05, 3.63) is 23.9 Å². The van der Waals surface area contributed by atoms with E-state index >= 15 is 0 Å². The number of hydrogen-bond acceptors (Lipinski definition) is 5. The second-order valence-corrected chi connectivity index (χ2v) is 4.17. The van der Waals surface area contributed by atoms with Crippen molar-refractivity contribution >= 4 is 0 Å². The number of aromatic nitrogens is 1. The van der Waals surface area contributed by atoms with Crippen LogP contribution in [0.4, 0.5) is 0 Å². The summed E-state index contributed by atoms with van der Waals surface area (Å²) < 4.78 is 10.3. The molecule has 1 aliphatic rings. The van der Waals surface area contributed by atoms with E-state index < -0.39 is 6.10 Å². The molecule has 0 amide bonds. The summed E-state index contributed by atoms with van der Waals surface area (Å²) in [5, 5.41) is 9.62. The maximum atomic E-state index is 9.62. The standard InChI is InChI=1S/C12H18N2O3/c1-16-12-3-2-10(6-13-12)7-14-4-5-17-9-11(15)8-14/h2-3,6,11,15H,4-5,7-9H2,1H3. The molecule has 1 atom stereocenters. The highest BCUT2D eigenvalue weighted by molar-refractivity contribution is 5.17. The maximum absolute atomic E-state index is 9.62. The Morgan fingerprint density at radius 3 is 3.18 bits per heavy atom. The third kappa shape index (κ3) is 3.66. The van der Waals surface area contributed by atoms with Gasteiger partial charge in [0.1, 0.15) is 0 Å². The van der Waals surface area contributed by atoms with E-state index in [4.69, 9.17) is 9.47 Å². The number of rotatable bonds is 3. The summed E-state index contributed by atoms with van der Waals surface area (Å²) in [5.74, 6) is 0.619. The van der Waals surface area contributed by atoms with Gasteiger partial charge in [0, 0.05) is 31.9 Å². The lowest BCUT2D eigenvalue weighted by Gasteiger charge is -2.20.